The van der Waals surface area contributed by atoms with Gasteiger partial charge in [-0.2, -0.15) is 4.98 Å². The Balaban J connectivity index is 1.28. The molecule has 16 nitrogen and oxygen atoms in total. The van der Waals surface area contributed by atoms with Crippen LogP contribution in [0.2, 0.25) is 0 Å². The summed E-state index contributed by atoms with van der Waals surface area (Å²) < 4.78 is 28.8. The van der Waals surface area contributed by atoms with Crippen molar-refractivity contribution in [1.29, 1.82) is 0 Å². The summed E-state index contributed by atoms with van der Waals surface area (Å²) in [5.41, 5.74) is 0.279. The smallest absolute Gasteiger partial charge is 0.351 e. The van der Waals surface area contributed by atoms with Crippen molar-refractivity contribution < 1.29 is 37.7 Å². The Kier molecular flexibility index (Phi) is 14.6. The van der Waals surface area contributed by atoms with E-state index in [0.717, 1.165) is 4.90 Å². The second-order valence-electron chi connectivity index (χ2n) is 14.0. The van der Waals surface area contributed by atoms with Crippen molar-refractivity contribution in [3.63, 3.8) is 0 Å². The van der Waals surface area contributed by atoms with Gasteiger partial charge in [0.15, 0.2) is 6.23 Å². The number of benzene rings is 2. The molecule has 2 aliphatic heterocycles. The van der Waals surface area contributed by atoms with Crippen molar-refractivity contribution in [3.05, 3.63) is 105 Å². The van der Waals surface area contributed by atoms with Crippen LogP contribution in [0.1, 0.15) is 71.9 Å². The number of rotatable bonds is 18. The molecule has 298 valence electrons. The molecule has 1 aromatic heterocycles. The number of aromatic nitrogens is 2. The SMILES string of the molecule is [C-]#[N+]CCOP(O[C@H]1C(C)[C@@H](COCCN(C)C(=O)CN2C(=O)c3ccccc3C2=O)O[C@H]1n1ccc(NC(=O)c2ccccc2)nc1=O)N(C(C)C)C(C)C. The number of carbonyl (C=O) groups is 4. The number of hydrogen-bond acceptors (Lipinski definition) is 11. The maximum absolute atomic E-state index is 13.6. The van der Waals surface area contributed by atoms with E-state index in [9.17, 15) is 24.0 Å². The van der Waals surface area contributed by atoms with Crippen LogP contribution in [0.4, 0.5) is 5.82 Å². The summed E-state index contributed by atoms with van der Waals surface area (Å²) in [6.45, 7) is 17.6. The van der Waals surface area contributed by atoms with Crippen LogP contribution in [0.15, 0.2) is 71.7 Å². The van der Waals surface area contributed by atoms with E-state index < -0.39 is 62.8 Å². The summed E-state index contributed by atoms with van der Waals surface area (Å²) in [5, 5.41) is 2.66. The average molecular weight is 790 g/mol. The molecule has 0 bridgehead atoms. The second-order valence-corrected chi connectivity index (χ2v) is 15.4. The van der Waals surface area contributed by atoms with Crippen LogP contribution in [-0.4, -0.2) is 118 Å². The van der Waals surface area contributed by atoms with Gasteiger partial charge in [-0.25, -0.2) is 16.0 Å². The Morgan fingerprint density at radius 1 is 0.982 bits per heavy atom. The minimum absolute atomic E-state index is 0.0258. The van der Waals surface area contributed by atoms with Gasteiger partial charge in [0.1, 0.15) is 25.1 Å². The average Bonchev–Trinajstić information content (AvgIpc) is 3.60. The number of amides is 4. The van der Waals surface area contributed by atoms with E-state index in [1.54, 1.807) is 61.6 Å². The number of fused-ring (bicyclic) bond motifs is 1. The predicted molar refractivity (Wildman–Crippen MR) is 208 cm³/mol. The number of likely N-dealkylation sites (N-methyl/N-ethyl adjacent to an activating group) is 1. The third kappa shape index (κ3) is 9.91. The first-order chi connectivity index (χ1) is 26.8. The van der Waals surface area contributed by atoms with Gasteiger partial charge in [0.05, 0.1) is 30.4 Å². The van der Waals surface area contributed by atoms with E-state index in [2.05, 4.69) is 19.8 Å². The zero-order valence-electron chi connectivity index (χ0n) is 32.4. The fourth-order valence-corrected chi connectivity index (χ4v) is 8.23. The summed E-state index contributed by atoms with van der Waals surface area (Å²) >= 11 is 0. The van der Waals surface area contributed by atoms with Crippen LogP contribution in [0.3, 0.4) is 0 Å². The quantitative estimate of drug-likeness (QED) is 0.0837. The van der Waals surface area contributed by atoms with Gasteiger partial charge in [-0.1, -0.05) is 37.3 Å². The first-order valence-corrected chi connectivity index (χ1v) is 19.5. The van der Waals surface area contributed by atoms with E-state index >= 15 is 0 Å². The highest BCUT2D eigenvalue weighted by atomic mass is 31.2. The molecular formula is C39H48N7O9P. The van der Waals surface area contributed by atoms with E-state index in [4.69, 9.17) is 25.1 Å². The lowest BCUT2D eigenvalue weighted by Crippen LogP contribution is -2.42. The van der Waals surface area contributed by atoms with Gasteiger partial charge < -0.3 is 33.6 Å². The van der Waals surface area contributed by atoms with Crippen molar-refractivity contribution in [2.45, 2.75) is 65.1 Å². The van der Waals surface area contributed by atoms with Gasteiger partial charge in [0.25, 0.3) is 26.2 Å². The fourth-order valence-electron chi connectivity index (χ4n) is 6.43. The number of ether oxygens (including phenoxy) is 2. The minimum atomic E-state index is -1.72. The molecule has 3 heterocycles. The highest BCUT2D eigenvalue weighted by Crippen LogP contribution is 2.51. The lowest BCUT2D eigenvalue weighted by molar-refractivity contribution is -0.131. The normalized spacial score (nSPS) is 19.8. The number of carbonyl (C=O) groups excluding carboxylic acids is 4. The first kappa shape index (κ1) is 42.3. The van der Waals surface area contributed by atoms with Crippen LogP contribution in [-0.2, 0) is 23.3 Å². The molecule has 56 heavy (non-hydrogen) atoms. The Bertz CT molecular complexity index is 1930. The highest BCUT2D eigenvalue weighted by molar-refractivity contribution is 7.44. The molecule has 1 N–H and O–H groups in total. The Morgan fingerprint density at radius 3 is 2.23 bits per heavy atom. The van der Waals surface area contributed by atoms with E-state index in [1.807, 2.05) is 34.6 Å². The minimum Gasteiger partial charge on any atom is -0.377 e. The summed E-state index contributed by atoms with van der Waals surface area (Å²) in [5.74, 6) is -2.13. The molecule has 3 aromatic rings. The van der Waals surface area contributed by atoms with Crippen LogP contribution in [0.5, 0.6) is 0 Å². The third-order valence-corrected chi connectivity index (χ3v) is 11.5. The van der Waals surface area contributed by atoms with Crippen molar-refractivity contribution in [3.8, 4) is 0 Å². The molecule has 1 saturated heterocycles. The van der Waals surface area contributed by atoms with Gasteiger partial charge in [-0.05, 0) is 58.0 Å². The Labute approximate surface area is 327 Å². The molecule has 0 aliphatic carbocycles. The predicted octanol–water partition coefficient (Wildman–Crippen LogP) is 4.47. The fraction of sp³-hybridized carbons (Fsp3) is 0.462. The molecule has 5 atom stereocenters. The van der Waals surface area contributed by atoms with Gasteiger partial charge in [-0.3, -0.25) is 28.6 Å². The number of nitrogens with zero attached hydrogens (tertiary/aromatic N) is 6. The van der Waals surface area contributed by atoms with Crippen molar-refractivity contribution in [2.24, 2.45) is 5.92 Å². The zero-order valence-corrected chi connectivity index (χ0v) is 33.3. The standard InChI is InChI=1S/C39H48N7O9P/c1-25(2)46(26(3)4)56(53-21-18-40-6)55-34-27(5)31(54-38(34)44-19-17-32(42-39(44)51)41-35(48)28-13-9-8-10-14-28)24-52-22-20-43(7)33(47)23-45-36(49)29-15-11-12-16-30(29)37(45)50/h8-17,19,25-27,31,34,38H,18,20-24H2,1-5,7H3,(H,41,42,48,51)/t27?,31-,34+,38-,56?/m1/s1. The molecule has 2 unspecified atom stereocenters. The molecule has 0 spiro atoms. The van der Waals surface area contributed by atoms with Crippen LogP contribution >= 0.6 is 8.53 Å². The summed E-state index contributed by atoms with van der Waals surface area (Å²) in [6.07, 6.45) is -0.764. The largest absolute Gasteiger partial charge is 0.377 e. The topological polar surface area (TPSA) is 166 Å². The lowest BCUT2D eigenvalue weighted by Gasteiger charge is -2.38. The molecule has 5 rings (SSSR count). The van der Waals surface area contributed by atoms with E-state index in [0.29, 0.717) is 5.56 Å². The number of anilines is 1. The number of nitrogens with one attached hydrogen (secondary N) is 1. The van der Waals surface area contributed by atoms with E-state index in [-0.39, 0.29) is 67.9 Å². The van der Waals surface area contributed by atoms with Crippen molar-refractivity contribution in [2.75, 3.05) is 51.8 Å². The second kappa shape index (κ2) is 19.3. The number of imide groups is 1. The zero-order chi connectivity index (χ0) is 40.5. The monoisotopic (exact) mass is 789 g/mol. The maximum Gasteiger partial charge on any atom is 0.351 e. The van der Waals surface area contributed by atoms with Crippen LogP contribution in [0.25, 0.3) is 4.85 Å². The van der Waals surface area contributed by atoms with Crippen LogP contribution in [0, 0.1) is 12.5 Å². The van der Waals surface area contributed by atoms with Crippen molar-refractivity contribution in [1.82, 2.24) is 24.0 Å². The molecule has 1 fully saturated rings. The number of hydrogen-bond donors (Lipinski definition) is 1. The summed E-state index contributed by atoms with van der Waals surface area (Å²) in [7, 11) is -0.156. The van der Waals surface area contributed by atoms with Crippen molar-refractivity contribution >= 4 is 38.0 Å². The van der Waals surface area contributed by atoms with Gasteiger partial charge in [0, 0.05) is 43.4 Å². The van der Waals surface area contributed by atoms with Gasteiger partial charge in [0.2, 0.25) is 12.5 Å². The van der Waals surface area contributed by atoms with Gasteiger partial charge >= 0.3 is 5.69 Å². The maximum atomic E-state index is 13.6. The molecule has 2 aromatic carbocycles. The summed E-state index contributed by atoms with van der Waals surface area (Å²) in [4.78, 5) is 74.7. The molecule has 2 aliphatic rings. The first-order valence-electron chi connectivity index (χ1n) is 18.4. The lowest BCUT2D eigenvalue weighted by atomic mass is 10.0. The highest BCUT2D eigenvalue weighted by Gasteiger charge is 2.47. The van der Waals surface area contributed by atoms with Crippen LogP contribution < -0.4 is 11.0 Å². The molecular weight excluding hydrogens is 741 g/mol. The third-order valence-electron chi connectivity index (χ3n) is 9.40. The Morgan fingerprint density at radius 2 is 1.62 bits per heavy atom. The van der Waals surface area contributed by atoms with E-state index in [1.165, 1.54) is 21.7 Å². The van der Waals surface area contributed by atoms with Gasteiger partial charge in [-0.15, -0.1) is 0 Å². The summed E-state index contributed by atoms with van der Waals surface area (Å²) in [6, 6.07) is 16.6. The molecule has 17 heteroatoms. The molecule has 0 radical (unpaired) electrons. The molecule has 4 amide bonds. The Hall–Kier alpha value is -4.88. The molecule has 0 saturated carbocycles.